The highest BCUT2D eigenvalue weighted by Crippen LogP contribution is 2.27. The zero-order chi connectivity index (χ0) is 14.7. The van der Waals surface area contributed by atoms with E-state index in [1.807, 2.05) is 18.3 Å². The van der Waals surface area contributed by atoms with Gasteiger partial charge in [-0.25, -0.2) is 0 Å². The second kappa shape index (κ2) is 6.00. The van der Waals surface area contributed by atoms with Gasteiger partial charge in [-0.1, -0.05) is 0 Å². The summed E-state index contributed by atoms with van der Waals surface area (Å²) in [5, 5.41) is 4.25. The molecule has 0 aliphatic heterocycles. The van der Waals surface area contributed by atoms with E-state index in [4.69, 9.17) is 0 Å². The molecule has 0 saturated heterocycles. The van der Waals surface area contributed by atoms with Crippen LogP contribution in [0.2, 0.25) is 0 Å². The molecule has 0 radical (unpaired) electrons. The number of thiophene rings is 1. The number of carbonyl (C=O) groups excluding carboxylic acids is 2. The van der Waals surface area contributed by atoms with Crippen LogP contribution in [0.4, 0.5) is 0 Å². The average molecular weight is 291 g/mol. The van der Waals surface area contributed by atoms with Crippen LogP contribution < -0.4 is 0 Å². The van der Waals surface area contributed by atoms with E-state index in [1.165, 1.54) is 11.3 Å². The molecule has 0 aliphatic rings. The fourth-order valence-corrected chi connectivity index (χ4v) is 2.61. The van der Waals surface area contributed by atoms with Crippen molar-refractivity contribution in [3.8, 4) is 10.4 Å². The highest BCUT2D eigenvalue weighted by Gasteiger charge is 2.09. The minimum absolute atomic E-state index is 0.0743. The van der Waals surface area contributed by atoms with Gasteiger partial charge in [0.25, 0.3) is 0 Å². The molecule has 0 unspecified atom stereocenters. The van der Waals surface area contributed by atoms with Crippen molar-refractivity contribution in [2.75, 3.05) is 14.1 Å². The van der Waals surface area contributed by atoms with Gasteiger partial charge in [-0.3, -0.25) is 14.3 Å². The third-order valence-corrected chi connectivity index (χ3v) is 4.16. The predicted molar refractivity (Wildman–Crippen MR) is 78.9 cm³/mol. The first-order valence-electron chi connectivity index (χ1n) is 6.31. The van der Waals surface area contributed by atoms with Crippen LogP contribution in [0, 0.1) is 0 Å². The van der Waals surface area contributed by atoms with Crippen LogP contribution in [0.25, 0.3) is 10.4 Å². The maximum atomic E-state index is 11.5. The monoisotopic (exact) mass is 291 g/mol. The van der Waals surface area contributed by atoms with Gasteiger partial charge in [0.1, 0.15) is 0 Å². The van der Waals surface area contributed by atoms with E-state index < -0.39 is 0 Å². The van der Waals surface area contributed by atoms with Crippen LogP contribution in [-0.2, 0) is 11.3 Å². The summed E-state index contributed by atoms with van der Waals surface area (Å²) in [6, 6.07) is 3.75. The number of ketones is 1. The Morgan fingerprint density at radius 3 is 2.70 bits per heavy atom. The second-order valence-corrected chi connectivity index (χ2v) is 5.83. The number of amides is 1. The number of rotatable bonds is 5. The molecule has 20 heavy (non-hydrogen) atoms. The third-order valence-electron chi connectivity index (χ3n) is 2.92. The van der Waals surface area contributed by atoms with Crippen molar-refractivity contribution in [1.29, 1.82) is 0 Å². The number of Topliss-reactive ketones (excluding diaryl/α,β-unsaturated/α-hetero) is 1. The molecule has 0 saturated carbocycles. The maximum Gasteiger partial charge on any atom is 0.223 e. The van der Waals surface area contributed by atoms with Crippen LogP contribution in [0.5, 0.6) is 0 Å². The van der Waals surface area contributed by atoms with Crippen LogP contribution in [-0.4, -0.2) is 40.5 Å². The van der Waals surface area contributed by atoms with E-state index in [1.54, 1.807) is 36.8 Å². The molecule has 0 fully saturated rings. The lowest BCUT2D eigenvalue weighted by Crippen LogP contribution is -2.22. The molecule has 2 heterocycles. The summed E-state index contributed by atoms with van der Waals surface area (Å²) in [4.78, 5) is 26.1. The van der Waals surface area contributed by atoms with Crippen LogP contribution in [0.3, 0.4) is 0 Å². The van der Waals surface area contributed by atoms with Gasteiger partial charge in [0, 0.05) is 43.7 Å². The number of aryl methyl sites for hydroxylation is 1. The maximum absolute atomic E-state index is 11.5. The molecule has 2 aromatic rings. The van der Waals surface area contributed by atoms with E-state index in [-0.39, 0.29) is 11.7 Å². The van der Waals surface area contributed by atoms with Crippen molar-refractivity contribution in [2.45, 2.75) is 19.9 Å². The van der Waals surface area contributed by atoms with Crippen molar-refractivity contribution < 1.29 is 9.59 Å². The van der Waals surface area contributed by atoms with Crippen LogP contribution in [0.15, 0.2) is 24.5 Å². The number of carbonyl (C=O) groups is 2. The lowest BCUT2D eigenvalue weighted by Gasteiger charge is -2.09. The molecule has 5 nitrogen and oxygen atoms in total. The molecule has 0 spiro atoms. The molecule has 0 bridgehead atoms. The first-order valence-corrected chi connectivity index (χ1v) is 7.13. The van der Waals surface area contributed by atoms with Gasteiger partial charge in [-0.15, -0.1) is 11.3 Å². The first kappa shape index (κ1) is 14.5. The molecule has 0 aliphatic carbocycles. The van der Waals surface area contributed by atoms with E-state index >= 15 is 0 Å². The fourth-order valence-electron chi connectivity index (χ4n) is 1.73. The largest absolute Gasteiger partial charge is 0.349 e. The smallest absolute Gasteiger partial charge is 0.223 e. The number of hydrogen-bond donors (Lipinski definition) is 0. The van der Waals surface area contributed by atoms with Crippen molar-refractivity contribution in [3.63, 3.8) is 0 Å². The molecule has 6 heteroatoms. The predicted octanol–water partition coefficient (Wildman–Crippen LogP) is 2.29. The molecule has 2 rings (SSSR count). The number of aromatic nitrogens is 2. The number of hydrogen-bond acceptors (Lipinski definition) is 4. The van der Waals surface area contributed by atoms with Crippen molar-refractivity contribution >= 4 is 23.0 Å². The topological polar surface area (TPSA) is 55.2 Å². The summed E-state index contributed by atoms with van der Waals surface area (Å²) in [5.41, 5.74) is 0.972. The van der Waals surface area contributed by atoms with Crippen molar-refractivity contribution in [3.05, 3.63) is 29.4 Å². The van der Waals surface area contributed by atoms with Gasteiger partial charge in [-0.05, 0) is 19.1 Å². The number of nitrogens with zero attached hydrogens (tertiary/aromatic N) is 3. The summed E-state index contributed by atoms with van der Waals surface area (Å²) in [6.45, 7) is 2.12. The Morgan fingerprint density at radius 2 is 2.10 bits per heavy atom. The molecule has 0 atom stereocenters. The Bertz CT molecular complexity index is 628. The fraction of sp³-hybridized carbons (Fsp3) is 0.357. The summed E-state index contributed by atoms with van der Waals surface area (Å²) >= 11 is 1.46. The quantitative estimate of drug-likeness (QED) is 0.794. The normalized spacial score (nSPS) is 10.6. The molecule has 0 N–H and O–H groups in total. The molecule has 0 aromatic carbocycles. The van der Waals surface area contributed by atoms with Crippen molar-refractivity contribution in [1.82, 2.24) is 14.7 Å². The Kier molecular flexibility index (Phi) is 4.34. The Morgan fingerprint density at radius 1 is 1.35 bits per heavy atom. The van der Waals surface area contributed by atoms with E-state index in [0.29, 0.717) is 13.0 Å². The lowest BCUT2D eigenvalue weighted by molar-refractivity contribution is -0.128. The average Bonchev–Trinajstić information content (AvgIpc) is 3.04. The zero-order valence-electron chi connectivity index (χ0n) is 11.8. The first-order chi connectivity index (χ1) is 9.47. The van der Waals surface area contributed by atoms with Gasteiger partial charge in [0.05, 0.1) is 11.1 Å². The van der Waals surface area contributed by atoms with E-state index in [2.05, 4.69) is 5.10 Å². The summed E-state index contributed by atoms with van der Waals surface area (Å²) < 4.78 is 1.75. The lowest BCUT2D eigenvalue weighted by atomic mass is 10.3. The van der Waals surface area contributed by atoms with Crippen molar-refractivity contribution in [2.24, 2.45) is 0 Å². The standard InChI is InChI=1S/C14H17N3O2S/c1-10(18)12-4-5-13(20-12)11-8-15-17(9-11)7-6-14(19)16(2)3/h4-5,8-9H,6-7H2,1-3H3. The molecule has 2 aromatic heterocycles. The Hall–Kier alpha value is -1.95. The summed E-state index contributed by atoms with van der Waals surface area (Å²) in [6.07, 6.45) is 4.09. The Labute approximate surface area is 121 Å². The highest BCUT2D eigenvalue weighted by molar-refractivity contribution is 7.17. The van der Waals surface area contributed by atoms with E-state index in [9.17, 15) is 9.59 Å². The van der Waals surface area contributed by atoms with Gasteiger partial charge in [0.2, 0.25) is 5.91 Å². The highest BCUT2D eigenvalue weighted by atomic mass is 32.1. The SMILES string of the molecule is CC(=O)c1ccc(-c2cnn(CCC(=O)N(C)C)c2)s1. The molecular formula is C14H17N3O2S. The van der Waals surface area contributed by atoms with Crippen LogP contribution >= 0.6 is 11.3 Å². The minimum Gasteiger partial charge on any atom is -0.349 e. The Balaban J connectivity index is 2.04. The van der Waals surface area contributed by atoms with Gasteiger partial charge in [0.15, 0.2) is 5.78 Å². The minimum atomic E-state index is 0.0743. The zero-order valence-corrected chi connectivity index (χ0v) is 12.6. The molecule has 1 amide bonds. The summed E-state index contributed by atoms with van der Waals surface area (Å²) in [7, 11) is 3.48. The third kappa shape index (κ3) is 3.33. The molecular weight excluding hydrogens is 274 g/mol. The van der Waals surface area contributed by atoms with E-state index in [0.717, 1.165) is 15.3 Å². The van der Waals surface area contributed by atoms with Gasteiger partial charge < -0.3 is 4.90 Å². The van der Waals surface area contributed by atoms with Crippen LogP contribution in [0.1, 0.15) is 23.0 Å². The second-order valence-electron chi connectivity index (χ2n) is 4.75. The summed E-state index contributed by atoms with van der Waals surface area (Å²) in [5.74, 6) is 0.155. The molecule has 106 valence electrons. The van der Waals surface area contributed by atoms with Gasteiger partial charge >= 0.3 is 0 Å². The van der Waals surface area contributed by atoms with Gasteiger partial charge in [-0.2, -0.15) is 5.10 Å².